The van der Waals surface area contributed by atoms with Gasteiger partial charge in [-0.05, 0) is 38.1 Å². The molecule has 3 rings (SSSR count). The van der Waals surface area contributed by atoms with Crippen molar-refractivity contribution in [3.05, 3.63) is 0 Å². The van der Waals surface area contributed by atoms with E-state index in [9.17, 15) is 0 Å². The van der Waals surface area contributed by atoms with Crippen molar-refractivity contribution < 1.29 is 9.47 Å². The smallest absolute Gasteiger partial charge is 0.0836 e. The van der Waals surface area contributed by atoms with Crippen molar-refractivity contribution in [2.75, 3.05) is 26.3 Å². The van der Waals surface area contributed by atoms with Crippen LogP contribution in [0.5, 0.6) is 0 Å². The van der Waals surface area contributed by atoms with Crippen LogP contribution in [0.3, 0.4) is 0 Å². The molecule has 3 fully saturated rings. The maximum absolute atomic E-state index is 5.96. The third-order valence-corrected chi connectivity index (χ3v) is 3.87. The van der Waals surface area contributed by atoms with Crippen LogP contribution in [-0.2, 0) is 9.47 Å². The van der Waals surface area contributed by atoms with Gasteiger partial charge in [-0.1, -0.05) is 0 Å². The van der Waals surface area contributed by atoms with Crippen LogP contribution in [0.25, 0.3) is 0 Å². The minimum atomic E-state index is 0.118. The van der Waals surface area contributed by atoms with E-state index in [-0.39, 0.29) is 5.60 Å². The summed E-state index contributed by atoms with van der Waals surface area (Å²) in [6, 6.07) is 0. The first kappa shape index (κ1) is 10.1. The summed E-state index contributed by atoms with van der Waals surface area (Å²) in [5.41, 5.74) is 0.118. The largest absolute Gasteiger partial charge is 0.375 e. The monoisotopic (exact) mass is 211 g/mol. The lowest BCUT2D eigenvalue weighted by atomic mass is 9.90. The van der Waals surface area contributed by atoms with Gasteiger partial charge in [0.15, 0.2) is 0 Å². The summed E-state index contributed by atoms with van der Waals surface area (Å²) >= 11 is 0. The molecule has 3 nitrogen and oxygen atoms in total. The van der Waals surface area contributed by atoms with Crippen molar-refractivity contribution in [1.82, 2.24) is 5.32 Å². The molecule has 0 unspecified atom stereocenters. The molecule has 2 saturated heterocycles. The standard InChI is InChI=1S/C12H21NO2/c1-4-12(9-13-5-1)6-11(8-15-12)14-7-10-2-3-10/h10-11,13H,1-9H2/t11-,12+/m0/s1. The van der Waals surface area contributed by atoms with Crippen LogP contribution in [0.4, 0.5) is 0 Å². The van der Waals surface area contributed by atoms with Crippen LogP contribution in [0.15, 0.2) is 0 Å². The summed E-state index contributed by atoms with van der Waals surface area (Å²) in [5.74, 6) is 0.867. The number of piperidine rings is 1. The zero-order valence-electron chi connectivity index (χ0n) is 9.34. The maximum atomic E-state index is 5.96. The molecule has 1 spiro atoms. The lowest BCUT2D eigenvalue weighted by molar-refractivity contribution is -0.0190. The van der Waals surface area contributed by atoms with Gasteiger partial charge < -0.3 is 14.8 Å². The van der Waals surface area contributed by atoms with Gasteiger partial charge in [0, 0.05) is 19.6 Å². The Morgan fingerprint density at radius 2 is 2.33 bits per heavy atom. The highest BCUT2D eigenvalue weighted by atomic mass is 16.6. The Bertz CT molecular complexity index is 222. The van der Waals surface area contributed by atoms with E-state index in [2.05, 4.69) is 5.32 Å². The van der Waals surface area contributed by atoms with Gasteiger partial charge in [0.1, 0.15) is 0 Å². The van der Waals surface area contributed by atoms with E-state index in [1.54, 1.807) is 0 Å². The molecule has 1 aliphatic carbocycles. The molecule has 0 aromatic heterocycles. The average Bonchev–Trinajstić information content (AvgIpc) is 3.02. The highest BCUT2D eigenvalue weighted by Gasteiger charge is 2.42. The van der Waals surface area contributed by atoms with Crippen molar-refractivity contribution in [1.29, 1.82) is 0 Å². The zero-order valence-corrected chi connectivity index (χ0v) is 9.34. The van der Waals surface area contributed by atoms with Crippen molar-refractivity contribution in [3.8, 4) is 0 Å². The Labute approximate surface area is 91.5 Å². The highest BCUT2D eigenvalue weighted by Crippen LogP contribution is 2.35. The second-order valence-electron chi connectivity index (χ2n) is 5.38. The van der Waals surface area contributed by atoms with E-state index < -0.39 is 0 Å². The molecule has 2 aliphatic heterocycles. The Morgan fingerprint density at radius 3 is 3.07 bits per heavy atom. The summed E-state index contributed by atoms with van der Waals surface area (Å²) in [5, 5.41) is 3.43. The van der Waals surface area contributed by atoms with Crippen LogP contribution in [0.2, 0.25) is 0 Å². The maximum Gasteiger partial charge on any atom is 0.0836 e. The topological polar surface area (TPSA) is 30.5 Å². The quantitative estimate of drug-likeness (QED) is 0.764. The van der Waals surface area contributed by atoms with Crippen LogP contribution in [-0.4, -0.2) is 38.0 Å². The summed E-state index contributed by atoms with van der Waals surface area (Å²) in [6.45, 7) is 3.96. The van der Waals surface area contributed by atoms with E-state index in [1.165, 1.54) is 25.7 Å². The number of hydrogen-bond donors (Lipinski definition) is 1. The van der Waals surface area contributed by atoms with E-state index in [1.807, 2.05) is 0 Å². The second-order valence-corrected chi connectivity index (χ2v) is 5.38. The molecular formula is C12H21NO2. The van der Waals surface area contributed by atoms with Crippen LogP contribution in [0, 0.1) is 5.92 Å². The highest BCUT2D eigenvalue weighted by molar-refractivity contribution is 4.94. The summed E-state index contributed by atoms with van der Waals surface area (Å²) < 4.78 is 11.9. The van der Waals surface area contributed by atoms with E-state index >= 15 is 0 Å². The molecule has 1 N–H and O–H groups in total. The van der Waals surface area contributed by atoms with Crippen LogP contribution < -0.4 is 5.32 Å². The molecule has 0 amide bonds. The first-order valence-corrected chi connectivity index (χ1v) is 6.33. The SMILES string of the molecule is C1CNC[C@@]2(C1)C[C@H](OCC1CC1)CO2. The molecule has 3 heteroatoms. The van der Waals surface area contributed by atoms with Gasteiger partial charge in [-0.3, -0.25) is 0 Å². The molecule has 0 aromatic rings. The molecule has 15 heavy (non-hydrogen) atoms. The summed E-state index contributed by atoms with van der Waals surface area (Å²) in [4.78, 5) is 0. The number of rotatable bonds is 3. The van der Waals surface area contributed by atoms with Crippen molar-refractivity contribution in [2.45, 2.75) is 43.8 Å². The van der Waals surface area contributed by atoms with Crippen molar-refractivity contribution in [2.24, 2.45) is 5.92 Å². The van der Waals surface area contributed by atoms with Crippen molar-refractivity contribution in [3.63, 3.8) is 0 Å². The molecule has 86 valence electrons. The van der Waals surface area contributed by atoms with Gasteiger partial charge in [0.25, 0.3) is 0 Å². The molecule has 0 aromatic carbocycles. The molecule has 2 atom stereocenters. The Morgan fingerprint density at radius 1 is 1.40 bits per heavy atom. The predicted molar refractivity (Wildman–Crippen MR) is 57.9 cm³/mol. The Hall–Kier alpha value is -0.120. The average molecular weight is 211 g/mol. The van der Waals surface area contributed by atoms with Crippen LogP contribution in [0.1, 0.15) is 32.1 Å². The molecule has 3 aliphatic rings. The number of hydrogen-bond acceptors (Lipinski definition) is 3. The molecule has 1 saturated carbocycles. The third-order valence-electron chi connectivity index (χ3n) is 3.87. The van der Waals surface area contributed by atoms with Gasteiger partial charge in [0.2, 0.25) is 0 Å². The van der Waals surface area contributed by atoms with Gasteiger partial charge in [-0.15, -0.1) is 0 Å². The number of nitrogens with one attached hydrogen (secondary N) is 1. The molecule has 0 bridgehead atoms. The second kappa shape index (κ2) is 4.04. The van der Waals surface area contributed by atoms with Gasteiger partial charge in [-0.25, -0.2) is 0 Å². The number of ether oxygens (including phenoxy) is 2. The minimum Gasteiger partial charge on any atom is -0.375 e. The van der Waals surface area contributed by atoms with Crippen LogP contribution >= 0.6 is 0 Å². The van der Waals surface area contributed by atoms with Crippen molar-refractivity contribution >= 4 is 0 Å². The molecule has 0 radical (unpaired) electrons. The van der Waals surface area contributed by atoms with Gasteiger partial charge in [-0.2, -0.15) is 0 Å². The van der Waals surface area contributed by atoms with E-state index in [4.69, 9.17) is 9.47 Å². The zero-order chi connectivity index (χ0) is 10.1. The van der Waals surface area contributed by atoms with Gasteiger partial charge >= 0.3 is 0 Å². The Kier molecular flexibility index (Phi) is 2.71. The predicted octanol–water partition coefficient (Wildman–Crippen LogP) is 1.32. The normalized spacial score (nSPS) is 41.2. The Balaban J connectivity index is 1.47. The molecular weight excluding hydrogens is 190 g/mol. The molecule has 2 heterocycles. The van der Waals surface area contributed by atoms with E-state index in [0.717, 1.165) is 38.6 Å². The summed E-state index contributed by atoms with van der Waals surface area (Å²) in [7, 11) is 0. The fourth-order valence-electron chi connectivity index (χ4n) is 2.70. The fourth-order valence-corrected chi connectivity index (χ4v) is 2.70. The van der Waals surface area contributed by atoms with E-state index in [0.29, 0.717) is 6.10 Å². The van der Waals surface area contributed by atoms with Gasteiger partial charge in [0.05, 0.1) is 18.3 Å². The summed E-state index contributed by atoms with van der Waals surface area (Å²) in [6.07, 6.45) is 6.68. The lowest BCUT2D eigenvalue weighted by Crippen LogP contribution is -2.45. The fraction of sp³-hybridized carbons (Fsp3) is 1.00. The first-order chi connectivity index (χ1) is 7.36. The third kappa shape index (κ3) is 2.35. The first-order valence-electron chi connectivity index (χ1n) is 6.33. The lowest BCUT2D eigenvalue weighted by Gasteiger charge is -2.32. The minimum absolute atomic E-state index is 0.118.